The van der Waals surface area contributed by atoms with Gasteiger partial charge in [-0.3, -0.25) is 0 Å². The maximum absolute atomic E-state index is 6.81. The van der Waals surface area contributed by atoms with E-state index in [2.05, 4.69) is 279 Å². The van der Waals surface area contributed by atoms with Gasteiger partial charge in [-0.25, -0.2) is 29.9 Å². The van der Waals surface area contributed by atoms with E-state index in [1.165, 1.54) is 31.3 Å². The summed E-state index contributed by atoms with van der Waals surface area (Å²) in [5, 5.41) is 4.76. The van der Waals surface area contributed by atoms with Crippen LogP contribution in [-0.4, -0.2) is 29.9 Å². The van der Waals surface area contributed by atoms with Gasteiger partial charge in [0.15, 0.2) is 22.8 Å². The number of rotatable bonds is 13. The Hall–Kier alpha value is -13.3. The van der Waals surface area contributed by atoms with Crippen LogP contribution in [0.2, 0.25) is 0 Å². The summed E-state index contributed by atoms with van der Waals surface area (Å²) in [4.78, 5) is 30.8. The van der Waals surface area contributed by atoms with Crippen LogP contribution < -0.4 is 10.6 Å². The van der Waals surface area contributed by atoms with Gasteiger partial charge in [0.2, 0.25) is 11.8 Å². The number of allylic oxidation sites excluding steroid dienone is 4. The summed E-state index contributed by atoms with van der Waals surface area (Å²) in [6.07, 6.45) is 12.7. The quantitative estimate of drug-likeness (QED) is 0.111. The van der Waals surface area contributed by atoms with E-state index in [4.69, 9.17) is 43.2 Å². The average molecular weight is 1350 g/mol. The number of oxazole rings is 2. The number of aromatic nitrogens is 6. The predicted molar refractivity (Wildman–Crippen MR) is 423 cm³/mol. The van der Waals surface area contributed by atoms with Crippen LogP contribution in [0.25, 0.3) is 184 Å². The van der Waals surface area contributed by atoms with Crippen molar-refractivity contribution in [3.05, 3.63) is 343 Å². The van der Waals surface area contributed by atoms with Gasteiger partial charge in [-0.05, 0) is 136 Å². The lowest BCUT2D eigenvalue weighted by molar-refractivity contribution is 0.505. The van der Waals surface area contributed by atoms with Gasteiger partial charge in [-0.2, -0.15) is 0 Å². The average Bonchev–Trinajstić information content (AvgIpc) is 1.59. The molecule has 490 valence electrons. The highest BCUT2D eigenvalue weighted by Gasteiger charge is 2.24. The van der Waals surface area contributed by atoms with E-state index in [1.54, 1.807) is 0 Å². The van der Waals surface area contributed by atoms with Crippen molar-refractivity contribution in [2.75, 3.05) is 0 Å². The maximum Gasteiger partial charge on any atom is 0.227 e. The van der Waals surface area contributed by atoms with Crippen molar-refractivity contribution < 1.29 is 13.3 Å². The highest BCUT2D eigenvalue weighted by molar-refractivity contribution is 7.25. The minimum absolute atomic E-state index is 0.0688. The molecule has 0 bridgehead atoms. The molecule has 0 radical (unpaired) electrons. The molecule has 9 nitrogen and oxygen atoms in total. The molecule has 0 spiro atoms. The number of hydrogen-bond donors (Lipinski definition) is 0. The normalized spacial score (nSPS) is 14.2. The Morgan fingerprint density at radius 2 is 0.856 bits per heavy atom. The summed E-state index contributed by atoms with van der Waals surface area (Å²) in [5.74, 6) is 2.63. The zero-order chi connectivity index (χ0) is 68.6. The number of hydrogen-bond acceptors (Lipinski definition) is 10. The SMILES string of the molecule is C1=CC(c2nc3ccc(-c4cccc5c6c(oc45)=CCC(c4ccc(-c5cc(-c7ccc(-c8nc9ccccc9o8)cc7)nc(-c7ccc(-c8ccccc8)cc7)n5)cc4)C=6)cc3o2)CC=C1c1cc(-c2ccc(-c3ccc4sc5ccccc5c4c3)cc2)nc(-c2ccc(-c3ccccc3)cc2)n1. The first-order valence-electron chi connectivity index (χ1n) is 35.1. The fourth-order valence-corrected chi connectivity index (χ4v) is 15.8. The molecule has 18 aromatic rings. The van der Waals surface area contributed by atoms with E-state index in [0.717, 1.165) is 151 Å². The molecule has 2 aliphatic carbocycles. The Kier molecular flexibility index (Phi) is 14.8. The van der Waals surface area contributed by atoms with E-state index >= 15 is 0 Å². The van der Waals surface area contributed by atoms with Gasteiger partial charge < -0.3 is 13.3 Å². The molecule has 2 unspecified atom stereocenters. The van der Waals surface area contributed by atoms with Crippen LogP contribution in [0.1, 0.15) is 41.8 Å². The molecule has 2 aliphatic rings. The Balaban J connectivity index is 0.561. The van der Waals surface area contributed by atoms with Crippen LogP contribution in [0.3, 0.4) is 0 Å². The third-order valence-corrected chi connectivity index (χ3v) is 21.5. The minimum atomic E-state index is -0.0688. The highest BCUT2D eigenvalue weighted by Crippen LogP contribution is 2.41. The molecule has 6 heterocycles. The van der Waals surface area contributed by atoms with Crippen LogP contribution in [-0.2, 0) is 0 Å². The van der Waals surface area contributed by atoms with Crippen molar-refractivity contribution in [2.45, 2.75) is 24.7 Å². The molecule has 2 atom stereocenters. The molecule has 104 heavy (non-hydrogen) atoms. The number of benzene rings is 12. The Morgan fingerprint density at radius 1 is 0.327 bits per heavy atom. The van der Waals surface area contributed by atoms with Crippen molar-refractivity contribution in [2.24, 2.45) is 0 Å². The summed E-state index contributed by atoms with van der Waals surface area (Å²) in [7, 11) is 0. The molecular formula is C94H60N6O3S. The molecule has 6 aromatic heterocycles. The van der Waals surface area contributed by atoms with E-state index in [9.17, 15) is 0 Å². The Labute approximate surface area is 602 Å². The summed E-state index contributed by atoms with van der Waals surface area (Å²) in [6.45, 7) is 0. The zero-order valence-electron chi connectivity index (χ0n) is 56.1. The van der Waals surface area contributed by atoms with Crippen molar-refractivity contribution in [1.82, 2.24) is 29.9 Å². The van der Waals surface area contributed by atoms with Crippen molar-refractivity contribution in [1.29, 1.82) is 0 Å². The number of furan rings is 1. The number of fused-ring (bicyclic) bond motifs is 8. The van der Waals surface area contributed by atoms with Crippen LogP contribution in [0.15, 0.2) is 329 Å². The van der Waals surface area contributed by atoms with E-state index in [1.807, 2.05) is 59.9 Å². The monoisotopic (exact) mass is 1350 g/mol. The number of nitrogens with zero attached hydrogens (tertiary/aromatic N) is 6. The van der Waals surface area contributed by atoms with Gasteiger partial charge in [0, 0.05) is 75.6 Å². The first-order valence-corrected chi connectivity index (χ1v) is 36.0. The Morgan fingerprint density at radius 3 is 1.53 bits per heavy atom. The van der Waals surface area contributed by atoms with Gasteiger partial charge in [0.1, 0.15) is 22.0 Å². The van der Waals surface area contributed by atoms with Gasteiger partial charge in [0.25, 0.3) is 0 Å². The van der Waals surface area contributed by atoms with E-state index < -0.39 is 0 Å². The lowest BCUT2D eigenvalue weighted by Crippen LogP contribution is -2.24. The lowest BCUT2D eigenvalue weighted by atomic mass is 9.90. The van der Waals surface area contributed by atoms with Crippen LogP contribution in [0.4, 0.5) is 0 Å². The first kappa shape index (κ1) is 60.7. The molecule has 12 aromatic carbocycles. The largest absolute Gasteiger partial charge is 0.456 e. The molecule has 0 N–H and O–H groups in total. The van der Waals surface area contributed by atoms with Gasteiger partial charge in [0.05, 0.1) is 28.7 Å². The van der Waals surface area contributed by atoms with Crippen LogP contribution >= 0.6 is 11.3 Å². The molecule has 0 amide bonds. The summed E-state index contributed by atoms with van der Waals surface area (Å²) >= 11 is 1.84. The van der Waals surface area contributed by atoms with Crippen LogP contribution in [0.5, 0.6) is 0 Å². The molecule has 10 heteroatoms. The van der Waals surface area contributed by atoms with Crippen molar-refractivity contribution >= 4 is 82.4 Å². The Bertz CT molecular complexity index is 6540. The van der Waals surface area contributed by atoms with Gasteiger partial charge >= 0.3 is 0 Å². The van der Waals surface area contributed by atoms with E-state index in [-0.39, 0.29) is 11.8 Å². The van der Waals surface area contributed by atoms with Crippen molar-refractivity contribution in [3.63, 3.8) is 0 Å². The molecular weight excluding hydrogens is 1290 g/mol. The van der Waals surface area contributed by atoms with Crippen molar-refractivity contribution in [3.8, 4) is 113 Å². The third-order valence-electron chi connectivity index (χ3n) is 20.3. The number of thiophene rings is 1. The smallest absolute Gasteiger partial charge is 0.227 e. The second kappa shape index (κ2) is 25.4. The predicted octanol–water partition coefficient (Wildman–Crippen LogP) is 23.2. The highest BCUT2D eigenvalue weighted by atomic mass is 32.1. The molecule has 0 saturated heterocycles. The van der Waals surface area contributed by atoms with E-state index in [0.29, 0.717) is 29.9 Å². The first-order chi connectivity index (χ1) is 51.4. The maximum atomic E-state index is 6.81. The van der Waals surface area contributed by atoms with Gasteiger partial charge in [-0.15, -0.1) is 11.3 Å². The standard InChI is InChI=1S/C94H60N6O3S/c1-3-12-57(13-4-1)59-26-38-67(39-27-59)91-95-81(55-83(97-91)65-34-42-69(43-35-65)93-99-79-19-8-9-20-86(79)102-93)63-30-22-61(23-31-63)71-47-50-85-77(52-71)76-18-11-17-74(90(76)101-85)73-46-49-80-87(54-73)103-94(100-80)70-44-36-66(37-45-70)84-56-82(96-92(98-84)68-40-28-60(29-41-68)58-14-5-2-6-15-58)64-32-24-62(25-33-64)72-48-51-89-78(53-72)75-16-7-10-21-88(75)104-89/h1-44,46,48-56,70-71H,45,47H2. The molecule has 20 rings (SSSR count). The molecule has 0 aliphatic heterocycles. The fourth-order valence-electron chi connectivity index (χ4n) is 14.8. The second-order valence-corrected chi connectivity index (χ2v) is 27.8. The fraction of sp³-hybridized carbons (Fsp3) is 0.0426. The molecule has 0 fully saturated rings. The number of para-hydroxylation sites is 3. The summed E-state index contributed by atoms with van der Waals surface area (Å²) in [5.41, 5.74) is 25.1. The minimum Gasteiger partial charge on any atom is -0.456 e. The lowest BCUT2D eigenvalue weighted by Gasteiger charge is -2.15. The topological polar surface area (TPSA) is 117 Å². The third kappa shape index (κ3) is 11.3. The molecule has 0 saturated carbocycles. The van der Waals surface area contributed by atoms with Gasteiger partial charge in [-0.1, -0.05) is 255 Å². The summed E-state index contributed by atoms with van der Waals surface area (Å²) in [6, 6.07) is 104. The summed E-state index contributed by atoms with van der Waals surface area (Å²) < 4.78 is 22.2. The second-order valence-electron chi connectivity index (χ2n) is 26.8. The van der Waals surface area contributed by atoms with Crippen LogP contribution in [0, 0.1) is 0 Å². The zero-order valence-corrected chi connectivity index (χ0v) is 56.9.